The van der Waals surface area contributed by atoms with Crippen LogP contribution in [-0.4, -0.2) is 36.6 Å². The molecular weight excluding hydrogens is 220 g/mol. The van der Waals surface area contributed by atoms with Gasteiger partial charge in [-0.1, -0.05) is 20.3 Å². The largest absolute Gasteiger partial charge is 0.481 e. The molecule has 0 aromatic carbocycles. The highest BCUT2D eigenvalue weighted by atomic mass is 16.4. The van der Waals surface area contributed by atoms with Crippen LogP contribution in [0.2, 0.25) is 0 Å². The average Bonchev–Trinajstić information content (AvgIpc) is 2.69. The molecule has 3 atom stereocenters. The molecule has 5 heteroatoms. The fraction of sp³-hybridized carbons (Fsp3) is 0.833. The fourth-order valence-electron chi connectivity index (χ4n) is 2.18. The van der Waals surface area contributed by atoms with E-state index in [0.29, 0.717) is 18.9 Å². The molecule has 0 saturated carbocycles. The van der Waals surface area contributed by atoms with Gasteiger partial charge in [-0.15, -0.1) is 0 Å². The summed E-state index contributed by atoms with van der Waals surface area (Å²) in [6.45, 7) is 5.77. The van der Waals surface area contributed by atoms with Crippen LogP contribution in [0.1, 0.15) is 26.7 Å². The van der Waals surface area contributed by atoms with Gasteiger partial charge in [0, 0.05) is 13.1 Å². The standard InChI is InChI=1S/C12H22N2O3/c1-3-4-9(12(16)17)6-14-11(15)10-7-13-5-8(10)2/h8-10,13H,3-7H2,1-2H3,(H,14,15)(H,16,17). The van der Waals surface area contributed by atoms with Crippen molar-refractivity contribution in [2.75, 3.05) is 19.6 Å². The van der Waals surface area contributed by atoms with Crippen molar-refractivity contribution in [3.63, 3.8) is 0 Å². The zero-order valence-corrected chi connectivity index (χ0v) is 10.5. The van der Waals surface area contributed by atoms with Crippen LogP contribution >= 0.6 is 0 Å². The van der Waals surface area contributed by atoms with Crippen LogP contribution in [0.5, 0.6) is 0 Å². The van der Waals surface area contributed by atoms with Crippen molar-refractivity contribution in [1.29, 1.82) is 0 Å². The lowest BCUT2D eigenvalue weighted by molar-refractivity contribution is -0.142. The smallest absolute Gasteiger partial charge is 0.308 e. The Hall–Kier alpha value is -1.10. The molecule has 0 aromatic rings. The van der Waals surface area contributed by atoms with Crippen LogP contribution in [0.4, 0.5) is 0 Å². The van der Waals surface area contributed by atoms with Gasteiger partial charge in [0.1, 0.15) is 0 Å². The van der Waals surface area contributed by atoms with Crippen LogP contribution in [0, 0.1) is 17.8 Å². The van der Waals surface area contributed by atoms with E-state index >= 15 is 0 Å². The maximum atomic E-state index is 11.8. The van der Waals surface area contributed by atoms with E-state index in [2.05, 4.69) is 10.6 Å². The lowest BCUT2D eigenvalue weighted by atomic mass is 9.96. The Kier molecular flexibility index (Phi) is 5.41. The van der Waals surface area contributed by atoms with E-state index in [0.717, 1.165) is 13.0 Å². The summed E-state index contributed by atoms with van der Waals surface area (Å²) in [6, 6.07) is 0. The predicted molar refractivity (Wildman–Crippen MR) is 64.6 cm³/mol. The zero-order chi connectivity index (χ0) is 12.8. The Morgan fingerprint density at radius 2 is 2.18 bits per heavy atom. The molecule has 0 bridgehead atoms. The molecule has 3 unspecified atom stereocenters. The predicted octanol–water partition coefficient (Wildman–Crippen LogP) is 0.459. The number of carboxylic acid groups (broad SMARTS) is 1. The summed E-state index contributed by atoms with van der Waals surface area (Å²) in [7, 11) is 0. The Morgan fingerprint density at radius 1 is 1.47 bits per heavy atom. The van der Waals surface area contributed by atoms with Crippen LogP contribution in [0.3, 0.4) is 0 Å². The summed E-state index contributed by atoms with van der Waals surface area (Å²) in [5.41, 5.74) is 0. The second-order valence-corrected chi connectivity index (χ2v) is 4.81. The molecule has 0 spiro atoms. The van der Waals surface area contributed by atoms with Gasteiger partial charge in [-0.2, -0.15) is 0 Å². The molecule has 5 nitrogen and oxygen atoms in total. The van der Waals surface area contributed by atoms with E-state index in [1.54, 1.807) is 0 Å². The molecular formula is C12H22N2O3. The zero-order valence-electron chi connectivity index (χ0n) is 10.5. The van der Waals surface area contributed by atoms with Crippen LogP contribution in [-0.2, 0) is 9.59 Å². The van der Waals surface area contributed by atoms with Crippen molar-refractivity contribution in [1.82, 2.24) is 10.6 Å². The number of carboxylic acids is 1. The second-order valence-electron chi connectivity index (χ2n) is 4.81. The Bertz CT molecular complexity index is 281. The monoisotopic (exact) mass is 242 g/mol. The maximum Gasteiger partial charge on any atom is 0.308 e. The SMILES string of the molecule is CCCC(CNC(=O)C1CNCC1C)C(=O)O. The molecule has 0 radical (unpaired) electrons. The summed E-state index contributed by atoms with van der Waals surface area (Å²) in [6.07, 6.45) is 1.42. The van der Waals surface area contributed by atoms with Crippen LogP contribution in [0.25, 0.3) is 0 Å². The normalized spacial score (nSPS) is 25.5. The van der Waals surface area contributed by atoms with E-state index in [1.165, 1.54) is 0 Å². The first-order valence-corrected chi connectivity index (χ1v) is 6.27. The number of carbonyl (C=O) groups is 2. The second kappa shape index (κ2) is 6.59. The topological polar surface area (TPSA) is 78.4 Å². The molecule has 3 N–H and O–H groups in total. The van der Waals surface area contributed by atoms with Gasteiger partial charge in [0.15, 0.2) is 0 Å². The van der Waals surface area contributed by atoms with Gasteiger partial charge >= 0.3 is 5.97 Å². The minimum Gasteiger partial charge on any atom is -0.481 e. The van der Waals surface area contributed by atoms with Crippen LogP contribution < -0.4 is 10.6 Å². The molecule has 0 aromatic heterocycles. The highest BCUT2D eigenvalue weighted by molar-refractivity contribution is 5.80. The van der Waals surface area contributed by atoms with Crippen molar-refractivity contribution >= 4 is 11.9 Å². The third-order valence-corrected chi connectivity index (χ3v) is 3.36. The minimum atomic E-state index is -0.829. The van der Waals surface area contributed by atoms with E-state index < -0.39 is 11.9 Å². The van der Waals surface area contributed by atoms with Gasteiger partial charge < -0.3 is 15.7 Å². The Morgan fingerprint density at radius 3 is 2.65 bits per heavy atom. The van der Waals surface area contributed by atoms with Gasteiger partial charge in [-0.05, 0) is 18.9 Å². The van der Waals surface area contributed by atoms with E-state index in [4.69, 9.17) is 5.11 Å². The molecule has 17 heavy (non-hydrogen) atoms. The number of hydrogen-bond acceptors (Lipinski definition) is 3. The van der Waals surface area contributed by atoms with E-state index in [-0.39, 0.29) is 18.4 Å². The van der Waals surface area contributed by atoms with Gasteiger partial charge in [0.2, 0.25) is 5.91 Å². The molecule has 1 rings (SSSR count). The summed E-state index contributed by atoms with van der Waals surface area (Å²) >= 11 is 0. The Labute approximate surface area is 102 Å². The molecule has 1 heterocycles. The van der Waals surface area contributed by atoms with Crippen molar-refractivity contribution in [2.45, 2.75) is 26.7 Å². The molecule has 0 aliphatic carbocycles. The average molecular weight is 242 g/mol. The van der Waals surface area contributed by atoms with Gasteiger partial charge in [-0.3, -0.25) is 9.59 Å². The van der Waals surface area contributed by atoms with Gasteiger partial charge in [0.25, 0.3) is 0 Å². The number of carbonyl (C=O) groups excluding carboxylic acids is 1. The molecule has 1 amide bonds. The van der Waals surface area contributed by atoms with Gasteiger partial charge in [-0.25, -0.2) is 0 Å². The van der Waals surface area contributed by atoms with Crippen molar-refractivity contribution in [3.8, 4) is 0 Å². The van der Waals surface area contributed by atoms with Gasteiger partial charge in [0.05, 0.1) is 11.8 Å². The lowest BCUT2D eigenvalue weighted by Crippen LogP contribution is -2.38. The van der Waals surface area contributed by atoms with Crippen molar-refractivity contribution < 1.29 is 14.7 Å². The molecule has 1 fully saturated rings. The first-order valence-electron chi connectivity index (χ1n) is 6.27. The van der Waals surface area contributed by atoms with Crippen LogP contribution in [0.15, 0.2) is 0 Å². The maximum absolute atomic E-state index is 11.8. The Balaban J connectivity index is 2.38. The number of rotatable bonds is 6. The number of hydrogen-bond donors (Lipinski definition) is 3. The summed E-state index contributed by atoms with van der Waals surface area (Å²) in [5, 5.41) is 14.9. The first kappa shape index (κ1) is 14.0. The third kappa shape index (κ3) is 4.00. The highest BCUT2D eigenvalue weighted by Gasteiger charge is 2.30. The lowest BCUT2D eigenvalue weighted by Gasteiger charge is -2.17. The first-order chi connectivity index (χ1) is 8.06. The molecule has 1 saturated heterocycles. The van der Waals surface area contributed by atoms with Crippen molar-refractivity contribution in [3.05, 3.63) is 0 Å². The highest BCUT2D eigenvalue weighted by Crippen LogP contribution is 2.16. The molecule has 1 aliphatic rings. The van der Waals surface area contributed by atoms with E-state index in [1.807, 2.05) is 13.8 Å². The summed E-state index contributed by atoms with van der Waals surface area (Å²) in [5.74, 6) is -1.02. The molecule has 98 valence electrons. The fourth-order valence-corrected chi connectivity index (χ4v) is 2.18. The minimum absolute atomic E-state index is 0.0222. The number of nitrogens with one attached hydrogen (secondary N) is 2. The van der Waals surface area contributed by atoms with Crippen molar-refractivity contribution in [2.24, 2.45) is 17.8 Å². The third-order valence-electron chi connectivity index (χ3n) is 3.36. The van der Waals surface area contributed by atoms with E-state index in [9.17, 15) is 9.59 Å². The molecule has 1 aliphatic heterocycles. The number of amides is 1. The summed E-state index contributed by atoms with van der Waals surface area (Å²) < 4.78 is 0. The quantitative estimate of drug-likeness (QED) is 0.632. The summed E-state index contributed by atoms with van der Waals surface area (Å²) in [4.78, 5) is 22.8. The number of aliphatic carboxylic acids is 1.